The van der Waals surface area contributed by atoms with Gasteiger partial charge < -0.3 is 26.2 Å². The molecule has 0 radical (unpaired) electrons. The van der Waals surface area contributed by atoms with E-state index in [-0.39, 0.29) is 30.6 Å². The smallest absolute Gasteiger partial charge is 0.239 e. The minimum absolute atomic E-state index is 0.120. The molecule has 0 unspecified atom stereocenters. The second-order valence-corrected chi connectivity index (χ2v) is 5.15. The number of benzene rings is 1. The summed E-state index contributed by atoms with van der Waals surface area (Å²) in [7, 11) is 1.67. The van der Waals surface area contributed by atoms with Gasteiger partial charge in [-0.25, -0.2) is 4.98 Å². The number of likely N-dealkylation sites (N-methyl/N-ethyl adjacent to an activating group) is 1. The Morgan fingerprint density at radius 2 is 2.00 bits per heavy atom. The number of carbonyl (C=O) groups excluding carboxylic acids is 1. The van der Waals surface area contributed by atoms with E-state index in [9.17, 15) is 4.79 Å². The third kappa shape index (κ3) is 5.36. The van der Waals surface area contributed by atoms with Crippen LogP contribution in [0.25, 0.3) is 0 Å². The minimum atomic E-state index is -0.303. The fourth-order valence-corrected chi connectivity index (χ4v) is 1.89. The molecule has 5 N–H and O–H groups in total. The van der Waals surface area contributed by atoms with Crippen molar-refractivity contribution in [3.8, 4) is 5.75 Å². The van der Waals surface area contributed by atoms with Crippen molar-refractivity contribution in [1.29, 1.82) is 0 Å². The Labute approximate surface area is 150 Å². The number of nitrogen functional groups attached to an aromatic ring is 1. The number of nitrogens with one attached hydrogen (secondary N) is 2. The van der Waals surface area contributed by atoms with Crippen molar-refractivity contribution in [2.75, 3.05) is 31.2 Å². The van der Waals surface area contributed by atoms with Crippen LogP contribution in [0.5, 0.6) is 5.75 Å². The highest BCUT2D eigenvalue weighted by molar-refractivity contribution is 5.91. The molecule has 0 saturated heterocycles. The zero-order valence-electron chi connectivity index (χ0n) is 14.3. The summed E-state index contributed by atoms with van der Waals surface area (Å²) in [5.41, 5.74) is 6.64. The standard InChI is InChI=1S/C17H20N6O3/c1-11(10-24)26-14-6-4-3-5-12(14)22-23-13-7-8-15(21-17(13)18)20-16(25)9-19-2/h3-8,19,24H,1,9-10H2,2H3,(H3,18,20,21,25)/b23-22+. The largest absolute Gasteiger partial charge is 0.458 e. The van der Waals surface area contributed by atoms with Gasteiger partial charge in [-0.1, -0.05) is 18.7 Å². The van der Waals surface area contributed by atoms with E-state index in [1.54, 1.807) is 43.4 Å². The van der Waals surface area contributed by atoms with E-state index in [1.807, 2.05) is 0 Å². The van der Waals surface area contributed by atoms with E-state index in [0.29, 0.717) is 22.9 Å². The van der Waals surface area contributed by atoms with Gasteiger partial charge in [0.05, 0.1) is 6.54 Å². The SMILES string of the molecule is C=C(CO)Oc1ccccc1/N=N/c1ccc(NC(=O)CNC)nc1N. The van der Waals surface area contributed by atoms with Crippen molar-refractivity contribution >= 4 is 28.9 Å². The number of carbonyl (C=O) groups is 1. The fraction of sp³-hybridized carbons (Fsp3) is 0.176. The third-order valence-corrected chi connectivity index (χ3v) is 3.07. The van der Waals surface area contributed by atoms with Gasteiger partial charge >= 0.3 is 0 Å². The van der Waals surface area contributed by atoms with Crippen molar-refractivity contribution in [3.05, 3.63) is 48.7 Å². The summed E-state index contributed by atoms with van der Waals surface area (Å²) in [6.45, 7) is 3.44. The molecule has 9 heteroatoms. The number of aromatic nitrogens is 1. The number of ether oxygens (including phenoxy) is 1. The van der Waals surface area contributed by atoms with Crippen molar-refractivity contribution in [3.63, 3.8) is 0 Å². The molecule has 0 fully saturated rings. The van der Waals surface area contributed by atoms with Crippen LogP contribution in [-0.2, 0) is 4.79 Å². The molecule has 1 amide bonds. The molecular weight excluding hydrogens is 336 g/mol. The van der Waals surface area contributed by atoms with Crippen LogP contribution >= 0.6 is 0 Å². The van der Waals surface area contributed by atoms with E-state index < -0.39 is 0 Å². The number of hydrogen-bond donors (Lipinski definition) is 4. The Morgan fingerprint density at radius 1 is 1.27 bits per heavy atom. The highest BCUT2D eigenvalue weighted by Crippen LogP contribution is 2.31. The summed E-state index contributed by atoms with van der Waals surface area (Å²) in [5.74, 6) is 0.802. The van der Waals surface area contributed by atoms with Gasteiger partial charge in [0, 0.05) is 0 Å². The van der Waals surface area contributed by atoms with Gasteiger partial charge in [0.25, 0.3) is 0 Å². The summed E-state index contributed by atoms with van der Waals surface area (Å²) in [5, 5.41) is 22.5. The lowest BCUT2D eigenvalue weighted by Crippen LogP contribution is -2.25. The molecule has 136 valence electrons. The normalized spacial score (nSPS) is 10.7. The van der Waals surface area contributed by atoms with Gasteiger partial charge in [0.2, 0.25) is 5.91 Å². The molecule has 9 nitrogen and oxygen atoms in total. The van der Waals surface area contributed by atoms with Gasteiger partial charge in [-0.3, -0.25) is 4.79 Å². The zero-order valence-corrected chi connectivity index (χ0v) is 14.3. The molecule has 1 aromatic heterocycles. The van der Waals surface area contributed by atoms with Crippen LogP contribution in [0, 0.1) is 0 Å². The second-order valence-electron chi connectivity index (χ2n) is 5.15. The van der Waals surface area contributed by atoms with Crippen molar-refractivity contribution < 1.29 is 14.6 Å². The van der Waals surface area contributed by atoms with Crippen LogP contribution < -0.4 is 21.1 Å². The number of aliphatic hydroxyl groups is 1. The highest BCUT2D eigenvalue weighted by atomic mass is 16.5. The Bertz CT molecular complexity index is 822. The van der Waals surface area contributed by atoms with E-state index in [4.69, 9.17) is 15.6 Å². The average Bonchev–Trinajstić information content (AvgIpc) is 2.62. The molecule has 0 aliphatic carbocycles. The van der Waals surface area contributed by atoms with E-state index in [0.717, 1.165) is 0 Å². The zero-order chi connectivity index (χ0) is 18.9. The number of pyridine rings is 1. The third-order valence-electron chi connectivity index (χ3n) is 3.07. The summed E-state index contributed by atoms with van der Waals surface area (Å²) < 4.78 is 5.40. The Hall–Kier alpha value is -3.30. The summed E-state index contributed by atoms with van der Waals surface area (Å²) >= 11 is 0. The lowest BCUT2D eigenvalue weighted by atomic mass is 10.3. The number of hydrogen-bond acceptors (Lipinski definition) is 8. The van der Waals surface area contributed by atoms with E-state index in [1.165, 1.54) is 0 Å². The first-order chi connectivity index (χ1) is 12.5. The van der Waals surface area contributed by atoms with Crippen molar-refractivity contribution in [2.45, 2.75) is 0 Å². The second kappa shape index (κ2) is 9.25. The number of azo groups is 1. The number of nitrogens with zero attached hydrogens (tertiary/aromatic N) is 3. The molecule has 1 aromatic carbocycles. The molecular formula is C17H20N6O3. The van der Waals surface area contributed by atoms with Crippen molar-refractivity contribution in [1.82, 2.24) is 10.3 Å². The highest BCUT2D eigenvalue weighted by Gasteiger charge is 2.07. The quantitative estimate of drug-likeness (QED) is 0.423. The molecule has 2 aromatic rings. The number of anilines is 2. The summed E-state index contributed by atoms with van der Waals surface area (Å²) in [4.78, 5) is 15.6. The first-order valence-electron chi connectivity index (χ1n) is 7.71. The Kier molecular flexibility index (Phi) is 6.77. The predicted molar refractivity (Wildman–Crippen MR) is 98.7 cm³/mol. The van der Waals surface area contributed by atoms with Crippen LogP contribution in [-0.4, -0.2) is 36.2 Å². The summed E-state index contributed by atoms with van der Waals surface area (Å²) in [6, 6.07) is 10.1. The maximum atomic E-state index is 11.5. The van der Waals surface area contributed by atoms with Crippen LogP contribution in [0.1, 0.15) is 0 Å². The number of amides is 1. The molecule has 0 atom stereocenters. The van der Waals surface area contributed by atoms with Crippen LogP contribution in [0.4, 0.5) is 23.0 Å². The summed E-state index contributed by atoms with van der Waals surface area (Å²) in [6.07, 6.45) is 0. The molecule has 0 spiro atoms. The molecule has 0 aliphatic rings. The van der Waals surface area contributed by atoms with Gasteiger partial charge in [-0.2, -0.15) is 0 Å². The Morgan fingerprint density at radius 3 is 2.69 bits per heavy atom. The topological polar surface area (TPSA) is 134 Å². The molecule has 2 rings (SSSR count). The number of nitrogens with two attached hydrogens (primary N) is 1. The van der Waals surface area contributed by atoms with Gasteiger partial charge in [0.1, 0.15) is 29.6 Å². The molecule has 1 heterocycles. The monoisotopic (exact) mass is 356 g/mol. The van der Waals surface area contributed by atoms with E-state index >= 15 is 0 Å². The maximum absolute atomic E-state index is 11.5. The molecule has 26 heavy (non-hydrogen) atoms. The van der Waals surface area contributed by atoms with Gasteiger partial charge in [-0.15, -0.1) is 10.2 Å². The lowest BCUT2D eigenvalue weighted by Gasteiger charge is -2.08. The predicted octanol–water partition coefficient (Wildman–Crippen LogP) is 2.12. The average molecular weight is 356 g/mol. The molecule has 0 aliphatic heterocycles. The van der Waals surface area contributed by atoms with Gasteiger partial charge in [-0.05, 0) is 31.3 Å². The number of para-hydroxylation sites is 1. The minimum Gasteiger partial charge on any atom is -0.458 e. The number of aliphatic hydroxyl groups excluding tert-OH is 1. The van der Waals surface area contributed by atoms with Gasteiger partial charge in [0.15, 0.2) is 11.6 Å². The van der Waals surface area contributed by atoms with Crippen LogP contribution in [0.3, 0.4) is 0 Å². The first kappa shape index (κ1) is 19.0. The number of rotatable bonds is 8. The van der Waals surface area contributed by atoms with Crippen molar-refractivity contribution in [2.24, 2.45) is 10.2 Å². The van der Waals surface area contributed by atoms with E-state index in [2.05, 4.69) is 32.4 Å². The van der Waals surface area contributed by atoms with Crippen LogP contribution in [0.15, 0.2) is 59.0 Å². The maximum Gasteiger partial charge on any atom is 0.239 e. The Balaban J connectivity index is 2.16. The lowest BCUT2D eigenvalue weighted by molar-refractivity contribution is -0.115. The molecule has 0 bridgehead atoms. The molecule has 0 saturated carbocycles. The first-order valence-corrected chi connectivity index (χ1v) is 7.71. The van der Waals surface area contributed by atoms with Crippen LogP contribution in [0.2, 0.25) is 0 Å². The fourth-order valence-electron chi connectivity index (χ4n) is 1.89.